The number of anilines is 1. The molecule has 1 amide bonds. The fraction of sp³-hybridized carbons (Fsp3) is 0.176. The lowest BCUT2D eigenvalue weighted by Gasteiger charge is -2.12. The van der Waals surface area contributed by atoms with Crippen molar-refractivity contribution in [1.29, 1.82) is 0 Å². The number of aromatic nitrogens is 3. The first kappa shape index (κ1) is 16.8. The molecule has 0 aliphatic heterocycles. The predicted octanol–water partition coefficient (Wildman–Crippen LogP) is 2.07. The monoisotopic (exact) mass is 354 g/mol. The van der Waals surface area contributed by atoms with Gasteiger partial charge < -0.3 is 5.32 Å². The lowest BCUT2D eigenvalue weighted by atomic mass is 10.1. The molecule has 128 valence electrons. The van der Waals surface area contributed by atoms with Crippen molar-refractivity contribution >= 4 is 40.0 Å². The van der Waals surface area contributed by atoms with Crippen molar-refractivity contribution in [1.82, 2.24) is 25.8 Å². The summed E-state index contributed by atoms with van der Waals surface area (Å²) in [6, 6.07) is 13.5. The Balaban J connectivity index is 1.54. The Morgan fingerprint density at radius 1 is 1.12 bits per heavy atom. The standard InChI is InChI=1S/C17H18N6OS/c1-11-7-12(2)9-13(8-11)18-17(25)21-20-16(24)10-23-15-6-4-3-5-14(15)19-22-23/h3-9H,10H2,1-2H3,(H,20,24)(H2,18,21,25). The molecule has 3 N–H and O–H groups in total. The van der Waals surface area contributed by atoms with Gasteiger partial charge in [-0.1, -0.05) is 23.4 Å². The van der Waals surface area contributed by atoms with Gasteiger partial charge in [-0.15, -0.1) is 5.10 Å². The lowest BCUT2D eigenvalue weighted by molar-refractivity contribution is -0.122. The van der Waals surface area contributed by atoms with Crippen LogP contribution in [0.5, 0.6) is 0 Å². The van der Waals surface area contributed by atoms with Crippen molar-refractivity contribution in [3.05, 3.63) is 53.6 Å². The van der Waals surface area contributed by atoms with Crippen LogP contribution in [-0.4, -0.2) is 26.0 Å². The number of carbonyl (C=O) groups is 1. The van der Waals surface area contributed by atoms with Crippen LogP contribution in [0.25, 0.3) is 11.0 Å². The van der Waals surface area contributed by atoms with Gasteiger partial charge in [0.2, 0.25) is 0 Å². The van der Waals surface area contributed by atoms with Gasteiger partial charge in [0.1, 0.15) is 12.1 Å². The Hall–Kier alpha value is -3.00. The number of para-hydroxylation sites is 1. The van der Waals surface area contributed by atoms with E-state index in [2.05, 4.69) is 32.5 Å². The summed E-state index contributed by atoms with van der Waals surface area (Å²) in [6.45, 7) is 4.07. The van der Waals surface area contributed by atoms with E-state index in [9.17, 15) is 4.79 Å². The SMILES string of the molecule is Cc1cc(C)cc(NC(=S)NNC(=O)Cn2nnc3ccccc32)c1. The first-order valence-electron chi connectivity index (χ1n) is 7.73. The number of hydrogen-bond donors (Lipinski definition) is 3. The zero-order valence-electron chi connectivity index (χ0n) is 13.9. The van der Waals surface area contributed by atoms with Gasteiger partial charge in [-0.2, -0.15) is 0 Å². The third-order valence-corrected chi connectivity index (χ3v) is 3.71. The highest BCUT2D eigenvalue weighted by Crippen LogP contribution is 2.13. The normalized spacial score (nSPS) is 10.5. The van der Waals surface area contributed by atoms with Gasteiger partial charge in [-0.05, 0) is 61.5 Å². The summed E-state index contributed by atoms with van der Waals surface area (Å²) in [4.78, 5) is 12.1. The molecule has 0 saturated heterocycles. The molecular formula is C17H18N6OS. The quantitative estimate of drug-likeness (QED) is 0.493. The fourth-order valence-corrected chi connectivity index (χ4v) is 2.71. The number of aryl methyl sites for hydroxylation is 2. The number of fused-ring (bicyclic) bond motifs is 1. The van der Waals surface area contributed by atoms with Gasteiger partial charge in [0.25, 0.3) is 5.91 Å². The second-order valence-corrected chi connectivity index (χ2v) is 6.15. The number of benzene rings is 2. The van der Waals surface area contributed by atoms with E-state index in [1.807, 2.05) is 50.2 Å². The molecule has 7 nitrogen and oxygen atoms in total. The van der Waals surface area contributed by atoms with Gasteiger partial charge in [0.05, 0.1) is 5.52 Å². The number of hydrogen-bond acceptors (Lipinski definition) is 4. The van der Waals surface area contributed by atoms with E-state index in [1.165, 1.54) is 4.68 Å². The number of nitrogens with one attached hydrogen (secondary N) is 3. The number of carbonyl (C=O) groups excluding carboxylic acids is 1. The van der Waals surface area contributed by atoms with Crippen molar-refractivity contribution in [2.75, 3.05) is 5.32 Å². The van der Waals surface area contributed by atoms with Crippen LogP contribution < -0.4 is 16.2 Å². The minimum absolute atomic E-state index is 0.0413. The van der Waals surface area contributed by atoms with Crippen LogP contribution in [0.2, 0.25) is 0 Å². The van der Waals surface area contributed by atoms with Crippen molar-refractivity contribution in [2.24, 2.45) is 0 Å². The van der Waals surface area contributed by atoms with E-state index < -0.39 is 0 Å². The molecule has 1 heterocycles. The van der Waals surface area contributed by atoms with Crippen LogP contribution in [-0.2, 0) is 11.3 Å². The molecule has 8 heteroatoms. The van der Waals surface area contributed by atoms with Gasteiger partial charge in [-0.25, -0.2) is 4.68 Å². The fourth-order valence-electron chi connectivity index (χ4n) is 2.55. The number of amides is 1. The summed E-state index contributed by atoms with van der Waals surface area (Å²) in [5.74, 6) is -0.278. The Morgan fingerprint density at radius 2 is 1.84 bits per heavy atom. The Kier molecular flexibility index (Phi) is 4.90. The molecule has 25 heavy (non-hydrogen) atoms. The molecule has 0 fully saturated rings. The average Bonchev–Trinajstić information content (AvgIpc) is 2.95. The van der Waals surface area contributed by atoms with Gasteiger partial charge >= 0.3 is 0 Å². The second kappa shape index (κ2) is 7.27. The van der Waals surface area contributed by atoms with E-state index >= 15 is 0 Å². The first-order chi connectivity index (χ1) is 12.0. The van der Waals surface area contributed by atoms with Crippen LogP contribution in [0.4, 0.5) is 5.69 Å². The third-order valence-electron chi connectivity index (χ3n) is 3.51. The molecule has 0 aliphatic rings. The summed E-state index contributed by atoms with van der Waals surface area (Å²) in [5.41, 5.74) is 9.92. The molecule has 0 spiro atoms. The zero-order valence-corrected chi connectivity index (χ0v) is 14.7. The molecule has 0 unspecified atom stereocenters. The highest BCUT2D eigenvalue weighted by atomic mass is 32.1. The summed E-state index contributed by atoms with van der Waals surface area (Å²) in [7, 11) is 0. The first-order valence-corrected chi connectivity index (χ1v) is 8.14. The summed E-state index contributed by atoms with van der Waals surface area (Å²) in [6.07, 6.45) is 0. The maximum atomic E-state index is 12.1. The van der Waals surface area contributed by atoms with E-state index in [0.717, 1.165) is 27.8 Å². The second-order valence-electron chi connectivity index (χ2n) is 5.74. The molecule has 0 saturated carbocycles. The van der Waals surface area contributed by atoms with Crippen molar-refractivity contribution in [2.45, 2.75) is 20.4 Å². The van der Waals surface area contributed by atoms with Crippen LogP contribution in [0.3, 0.4) is 0 Å². The van der Waals surface area contributed by atoms with Crippen molar-refractivity contribution < 1.29 is 4.79 Å². The smallest absolute Gasteiger partial charge is 0.260 e. The maximum absolute atomic E-state index is 12.1. The number of thiocarbonyl (C=S) groups is 1. The van der Waals surface area contributed by atoms with E-state index in [0.29, 0.717) is 5.11 Å². The third kappa shape index (κ3) is 4.30. The Labute approximate surface area is 150 Å². The van der Waals surface area contributed by atoms with Crippen LogP contribution in [0, 0.1) is 13.8 Å². The number of rotatable bonds is 3. The van der Waals surface area contributed by atoms with Gasteiger partial charge in [0, 0.05) is 5.69 Å². The minimum atomic E-state index is -0.278. The van der Waals surface area contributed by atoms with E-state index in [4.69, 9.17) is 12.2 Å². The van der Waals surface area contributed by atoms with Crippen LogP contribution in [0.1, 0.15) is 11.1 Å². The lowest BCUT2D eigenvalue weighted by Crippen LogP contribution is -2.45. The molecule has 3 rings (SSSR count). The molecule has 0 atom stereocenters. The van der Waals surface area contributed by atoms with E-state index in [-0.39, 0.29) is 12.5 Å². The van der Waals surface area contributed by atoms with Gasteiger partial charge in [-0.3, -0.25) is 15.6 Å². The number of hydrazine groups is 1. The highest BCUT2D eigenvalue weighted by molar-refractivity contribution is 7.80. The van der Waals surface area contributed by atoms with Crippen LogP contribution in [0.15, 0.2) is 42.5 Å². The minimum Gasteiger partial charge on any atom is -0.331 e. The average molecular weight is 354 g/mol. The van der Waals surface area contributed by atoms with Crippen molar-refractivity contribution in [3.8, 4) is 0 Å². The zero-order chi connectivity index (χ0) is 17.8. The molecule has 3 aromatic rings. The molecule has 1 aromatic heterocycles. The molecule has 0 aliphatic carbocycles. The van der Waals surface area contributed by atoms with Crippen molar-refractivity contribution in [3.63, 3.8) is 0 Å². The summed E-state index contributed by atoms with van der Waals surface area (Å²) in [5, 5.41) is 11.3. The molecule has 0 bridgehead atoms. The topological polar surface area (TPSA) is 83.9 Å². The maximum Gasteiger partial charge on any atom is 0.260 e. The molecular weight excluding hydrogens is 336 g/mol. The highest BCUT2D eigenvalue weighted by Gasteiger charge is 2.08. The van der Waals surface area contributed by atoms with Gasteiger partial charge in [0.15, 0.2) is 5.11 Å². The molecule has 2 aromatic carbocycles. The van der Waals surface area contributed by atoms with Crippen LogP contribution >= 0.6 is 12.2 Å². The Morgan fingerprint density at radius 3 is 2.60 bits per heavy atom. The Bertz CT molecular complexity index is 916. The van der Waals surface area contributed by atoms with E-state index in [1.54, 1.807) is 0 Å². The summed E-state index contributed by atoms with van der Waals surface area (Å²) < 4.78 is 1.53. The number of nitrogens with zero attached hydrogens (tertiary/aromatic N) is 3. The predicted molar refractivity (Wildman–Crippen MR) is 101 cm³/mol. The largest absolute Gasteiger partial charge is 0.331 e. The summed E-state index contributed by atoms with van der Waals surface area (Å²) >= 11 is 5.19. The molecule has 0 radical (unpaired) electrons.